The zero-order valence-electron chi connectivity index (χ0n) is 9.22. The normalized spacial score (nSPS) is 27.4. The maximum Gasteiger partial charge on any atom is 0.330 e. The Morgan fingerprint density at radius 2 is 2.21 bits per heavy atom. The minimum atomic E-state index is -0.646. The first-order chi connectivity index (χ1) is 6.40. The zero-order valence-corrected chi connectivity index (χ0v) is 9.22. The number of ether oxygens (including phenoxy) is 1. The van der Waals surface area contributed by atoms with E-state index in [0.29, 0.717) is 0 Å². The van der Waals surface area contributed by atoms with E-state index in [0.717, 1.165) is 19.4 Å². The minimum Gasteiger partial charge on any atom is -0.458 e. The molecular formula is C11H19NO2. The van der Waals surface area contributed by atoms with Crippen LogP contribution in [-0.2, 0) is 9.53 Å². The fraction of sp³-hybridized carbons (Fsp3) is 0.727. The van der Waals surface area contributed by atoms with E-state index < -0.39 is 11.1 Å². The second-order valence-corrected chi connectivity index (χ2v) is 4.71. The molecule has 0 aliphatic carbocycles. The maximum atomic E-state index is 11.9. The number of carbonyl (C=O) groups is 1. The summed E-state index contributed by atoms with van der Waals surface area (Å²) in [6.07, 6.45) is 3.44. The predicted octanol–water partition coefficient (Wildman–Crippen LogP) is 1.64. The van der Waals surface area contributed by atoms with E-state index in [4.69, 9.17) is 4.74 Å². The van der Waals surface area contributed by atoms with E-state index >= 15 is 0 Å². The quantitative estimate of drug-likeness (QED) is 0.540. The molecule has 0 bridgehead atoms. The van der Waals surface area contributed by atoms with Gasteiger partial charge in [0.15, 0.2) is 0 Å². The van der Waals surface area contributed by atoms with Gasteiger partial charge >= 0.3 is 5.97 Å². The molecule has 0 aromatic heterocycles. The molecule has 0 spiro atoms. The van der Waals surface area contributed by atoms with E-state index in [1.165, 1.54) is 0 Å². The zero-order chi connectivity index (χ0) is 10.8. The molecule has 1 N–H and O–H groups in total. The van der Waals surface area contributed by atoms with Crippen molar-refractivity contribution in [2.45, 2.75) is 44.8 Å². The number of hydrogen-bond donors (Lipinski definition) is 1. The van der Waals surface area contributed by atoms with Crippen molar-refractivity contribution in [3.8, 4) is 0 Å². The second kappa shape index (κ2) is 3.73. The van der Waals surface area contributed by atoms with Gasteiger partial charge in [-0.1, -0.05) is 6.08 Å². The van der Waals surface area contributed by atoms with Crippen LogP contribution in [0.2, 0.25) is 0 Å². The molecule has 0 aromatic carbocycles. The Morgan fingerprint density at radius 1 is 1.57 bits per heavy atom. The molecule has 1 aliphatic rings. The summed E-state index contributed by atoms with van der Waals surface area (Å²) in [5, 5.41) is 3.15. The van der Waals surface area contributed by atoms with Gasteiger partial charge in [-0.15, -0.1) is 6.58 Å². The number of nitrogens with one attached hydrogen (secondary N) is 1. The lowest BCUT2D eigenvalue weighted by Gasteiger charge is -2.28. The van der Waals surface area contributed by atoms with Gasteiger partial charge in [0, 0.05) is 0 Å². The topological polar surface area (TPSA) is 38.3 Å². The number of rotatable bonds is 2. The molecule has 1 aliphatic heterocycles. The van der Waals surface area contributed by atoms with Crippen LogP contribution < -0.4 is 5.32 Å². The number of hydrogen-bond acceptors (Lipinski definition) is 3. The third-order valence-corrected chi connectivity index (χ3v) is 2.30. The fourth-order valence-corrected chi connectivity index (χ4v) is 1.57. The van der Waals surface area contributed by atoms with Crippen molar-refractivity contribution in [1.29, 1.82) is 0 Å². The Balaban J connectivity index is 2.71. The third kappa shape index (κ3) is 2.35. The van der Waals surface area contributed by atoms with Gasteiger partial charge in [0.1, 0.15) is 11.1 Å². The summed E-state index contributed by atoms with van der Waals surface area (Å²) in [6.45, 7) is 10.2. The molecule has 1 atom stereocenters. The van der Waals surface area contributed by atoms with E-state index in [1.54, 1.807) is 6.08 Å². The summed E-state index contributed by atoms with van der Waals surface area (Å²) < 4.78 is 5.34. The van der Waals surface area contributed by atoms with Crippen LogP contribution in [0.5, 0.6) is 0 Å². The molecule has 80 valence electrons. The Hall–Kier alpha value is -0.830. The number of carbonyl (C=O) groups excluding carboxylic acids is 1. The van der Waals surface area contributed by atoms with Gasteiger partial charge in [0.05, 0.1) is 0 Å². The first-order valence-electron chi connectivity index (χ1n) is 5.02. The first-order valence-corrected chi connectivity index (χ1v) is 5.02. The molecule has 0 saturated carbocycles. The monoisotopic (exact) mass is 197 g/mol. The van der Waals surface area contributed by atoms with E-state index in [9.17, 15) is 4.79 Å². The van der Waals surface area contributed by atoms with Crippen LogP contribution in [0, 0.1) is 0 Å². The number of esters is 1. The van der Waals surface area contributed by atoms with Gasteiger partial charge in [-0.05, 0) is 40.2 Å². The van der Waals surface area contributed by atoms with Crippen molar-refractivity contribution in [1.82, 2.24) is 5.32 Å². The van der Waals surface area contributed by atoms with Crippen molar-refractivity contribution >= 4 is 5.97 Å². The highest BCUT2D eigenvalue weighted by Gasteiger charge is 2.41. The van der Waals surface area contributed by atoms with Crippen LogP contribution in [0.3, 0.4) is 0 Å². The molecule has 0 amide bonds. The van der Waals surface area contributed by atoms with Crippen molar-refractivity contribution in [3.05, 3.63) is 12.7 Å². The fourth-order valence-electron chi connectivity index (χ4n) is 1.57. The summed E-state index contributed by atoms with van der Waals surface area (Å²) in [6, 6.07) is 0. The maximum absolute atomic E-state index is 11.9. The molecule has 3 heteroatoms. The lowest BCUT2D eigenvalue weighted by molar-refractivity contribution is -0.160. The first kappa shape index (κ1) is 11.2. The predicted molar refractivity (Wildman–Crippen MR) is 56.0 cm³/mol. The van der Waals surface area contributed by atoms with Crippen LogP contribution >= 0.6 is 0 Å². The molecule has 1 rings (SSSR count). The summed E-state index contributed by atoms with van der Waals surface area (Å²) >= 11 is 0. The highest BCUT2D eigenvalue weighted by molar-refractivity contribution is 5.84. The van der Waals surface area contributed by atoms with Crippen LogP contribution in [0.1, 0.15) is 33.6 Å². The van der Waals surface area contributed by atoms with Crippen molar-refractivity contribution in [2.75, 3.05) is 6.54 Å². The summed E-state index contributed by atoms with van der Waals surface area (Å²) in [5.74, 6) is -0.211. The molecule has 3 nitrogen and oxygen atoms in total. The molecule has 1 heterocycles. The van der Waals surface area contributed by atoms with Crippen LogP contribution in [0.4, 0.5) is 0 Å². The Bertz CT molecular complexity index is 234. The molecular weight excluding hydrogens is 178 g/mol. The van der Waals surface area contributed by atoms with Crippen molar-refractivity contribution in [2.24, 2.45) is 0 Å². The lowest BCUT2D eigenvalue weighted by atomic mass is 9.97. The van der Waals surface area contributed by atoms with Gasteiger partial charge in [0.2, 0.25) is 0 Å². The van der Waals surface area contributed by atoms with E-state index in [2.05, 4.69) is 11.9 Å². The molecule has 1 saturated heterocycles. The SMILES string of the molecule is C=C[C@]1(C(=O)OC(C)(C)C)CCCN1. The smallest absolute Gasteiger partial charge is 0.330 e. The van der Waals surface area contributed by atoms with E-state index in [-0.39, 0.29) is 5.97 Å². The van der Waals surface area contributed by atoms with Crippen molar-refractivity contribution < 1.29 is 9.53 Å². The third-order valence-electron chi connectivity index (χ3n) is 2.30. The highest BCUT2D eigenvalue weighted by atomic mass is 16.6. The van der Waals surface area contributed by atoms with Crippen LogP contribution in [-0.4, -0.2) is 23.7 Å². The van der Waals surface area contributed by atoms with Gasteiger partial charge in [-0.25, -0.2) is 4.79 Å². The summed E-state index contributed by atoms with van der Waals surface area (Å²) in [5.41, 5.74) is -1.08. The standard InChI is InChI=1S/C11H19NO2/c1-5-11(7-6-8-12-11)9(13)14-10(2,3)4/h5,12H,1,6-8H2,2-4H3/t11-/m1/s1. The summed E-state index contributed by atoms with van der Waals surface area (Å²) in [4.78, 5) is 11.9. The van der Waals surface area contributed by atoms with Crippen LogP contribution in [0.25, 0.3) is 0 Å². The van der Waals surface area contributed by atoms with Gasteiger partial charge in [-0.2, -0.15) is 0 Å². The Kier molecular flexibility index (Phi) is 3.00. The second-order valence-electron chi connectivity index (χ2n) is 4.71. The van der Waals surface area contributed by atoms with E-state index in [1.807, 2.05) is 20.8 Å². The largest absolute Gasteiger partial charge is 0.458 e. The average Bonchev–Trinajstić information content (AvgIpc) is 2.49. The molecule has 14 heavy (non-hydrogen) atoms. The van der Waals surface area contributed by atoms with Gasteiger partial charge < -0.3 is 4.74 Å². The van der Waals surface area contributed by atoms with Gasteiger partial charge in [-0.3, -0.25) is 5.32 Å². The molecule has 0 aromatic rings. The Morgan fingerprint density at radius 3 is 2.57 bits per heavy atom. The Labute approximate surface area is 85.5 Å². The minimum absolute atomic E-state index is 0.211. The average molecular weight is 197 g/mol. The molecule has 0 unspecified atom stereocenters. The summed E-state index contributed by atoms with van der Waals surface area (Å²) in [7, 11) is 0. The van der Waals surface area contributed by atoms with Crippen molar-refractivity contribution in [3.63, 3.8) is 0 Å². The highest BCUT2D eigenvalue weighted by Crippen LogP contribution is 2.24. The molecule has 1 fully saturated rings. The van der Waals surface area contributed by atoms with Crippen LogP contribution in [0.15, 0.2) is 12.7 Å². The molecule has 0 radical (unpaired) electrons. The lowest BCUT2D eigenvalue weighted by Crippen LogP contribution is -2.48. The van der Waals surface area contributed by atoms with Gasteiger partial charge in [0.25, 0.3) is 0 Å².